The molecule has 0 radical (unpaired) electrons. The average molecular weight is 495 g/mol. The third-order valence-corrected chi connectivity index (χ3v) is 5.78. The molecule has 174 valence electrons. The van der Waals surface area contributed by atoms with E-state index >= 15 is 0 Å². The number of benzene rings is 3. The first kappa shape index (κ1) is 23.6. The molecule has 0 saturated carbocycles. The van der Waals surface area contributed by atoms with Gasteiger partial charge in [0.1, 0.15) is 18.1 Å². The summed E-state index contributed by atoms with van der Waals surface area (Å²) >= 11 is 11.6. The zero-order valence-corrected chi connectivity index (χ0v) is 20.3. The Morgan fingerprint density at radius 3 is 2.50 bits per heavy atom. The molecule has 1 aliphatic heterocycles. The number of anilines is 1. The number of carbonyl (C=O) groups excluding carboxylic acids is 1. The molecule has 1 saturated heterocycles. The standard InChI is InChI=1S/C26H23ClN2O4S/c1-3-32-24-15-17(8-13-23(24)33-16-18-6-4-5-7-21(18)27)14-22-25(30)29(26(34)28-22)19-9-11-20(31-2)12-10-19/h4-15H,3,16H2,1-2H3,(H,28,34). The Bertz CT molecular complexity index is 1240. The minimum atomic E-state index is -0.243. The van der Waals surface area contributed by atoms with Crippen LogP contribution >= 0.6 is 23.8 Å². The van der Waals surface area contributed by atoms with E-state index in [4.69, 9.17) is 38.0 Å². The molecular weight excluding hydrogens is 472 g/mol. The van der Waals surface area contributed by atoms with Crippen molar-refractivity contribution in [3.05, 3.63) is 88.6 Å². The molecule has 0 spiro atoms. The van der Waals surface area contributed by atoms with Crippen LogP contribution in [-0.4, -0.2) is 24.7 Å². The zero-order chi connectivity index (χ0) is 24.1. The van der Waals surface area contributed by atoms with E-state index in [2.05, 4.69) is 5.32 Å². The summed E-state index contributed by atoms with van der Waals surface area (Å²) in [5.74, 6) is 1.62. The highest BCUT2D eigenvalue weighted by molar-refractivity contribution is 7.80. The fourth-order valence-corrected chi connectivity index (χ4v) is 3.93. The number of hydrogen-bond donors (Lipinski definition) is 1. The number of halogens is 1. The number of amides is 1. The molecule has 0 atom stereocenters. The van der Waals surface area contributed by atoms with Crippen molar-refractivity contribution in [1.82, 2.24) is 5.32 Å². The first-order chi connectivity index (χ1) is 16.5. The lowest BCUT2D eigenvalue weighted by Crippen LogP contribution is -2.30. The molecular formula is C26H23ClN2O4S. The first-order valence-electron chi connectivity index (χ1n) is 10.6. The zero-order valence-electron chi connectivity index (χ0n) is 18.7. The number of rotatable bonds is 8. The summed E-state index contributed by atoms with van der Waals surface area (Å²) in [5.41, 5.74) is 2.67. The van der Waals surface area contributed by atoms with Crippen LogP contribution in [0.4, 0.5) is 5.69 Å². The van der Waals surface area contributed by atoms with Crippen LogP contribution in [0.1, 0.15) is 18.1 Å². The maximum atomic E-state index is 13.1. The third kappa shape index (κ3) is 5.16. The van der Waals surface area contributed by atoms with Gasteiger partial charge in [0, 0.05) is 10.6 Å². The first-order valence-corrected chi connectivity index (χ1v) is 11.4. The Morgan fingerprint density at radius 1 is 1.03 bits per heavy atom. The van der Waals surface area contributed by atoms with Gasteiger partial charge in [-0.2, -0.15) is 0 Å². The fraction of sp³-hybridized carbons (Fsp3) is 0.154. The predicted octanol–water partition coefficient (Wildman–Crippen LogP) is 5.59. The van der Waals surface area contributed by atoms with Crippen LogP contribution < -0.4 is 24.4 Å². The largest absolute Gasteiger partial charge is 0.497 e. The highest BCUT2D eigenvalue weighted by atomic mass is 35.5. The van der Waals surface area contributed by atoms with E-state index in [1.807, 2.05) is 49.4 Å². The normalized spacial score (nSPS) is 14.3. The Balaban J connectivity index is 1.54. The molecule has 6 nitrogen and oxygen atoms in total. The van der Waals surface area contributed by atoms with Gasteiger partial charge in [-0.15, -0.1) is 0 Å². The molecule has 3 aromatic rings. The molecule has 4 rings (SSSR count). The van der Waals surface area contributed by atoms with Crippen molar-refractivity contribution in [3.63, 3.8) is 0 Å². The van der Waals surface area contributed by atoms with Crippen molar-refractivity contribution in [3.8, 4) is 17.2 Å². The van der Waals surface area contributed by atoms with Crippen LogP contribution in [0.3, 0.4) is 0 Å². The van der Waals surface area contributed by atoms with Gasteiger partial charge in [-0.1, -0.05) is 35.9 Å². The minimum absolute atomic E-state index is 0.243. The molecule has 34 heavy (non-hydrogen) atoms. The van der Waals surface area contributed by atoms with E-state index < -0.39 is 0 Å². The van der Waals surface area contributed by atoms with Crippen molar-refractivity contribution in [2.45, 2.75) is 13.5 Å². The summed E-state index contributed by atoms with van der Waals surface area (Å²) in [4.78, 5) is 14.5. The average Bonchev–Trinajstić information content (AvgIpc) is 3.12. The van der Waals surface area contributed by atoms with Gasteiger partial charge in [-0.3, -0.25) is 9.69 Å². The number of hydrogen-bond acceptors (Lipinski definition) is 5. The summed E-state index contributed by atoms with van der Waals surface area (Å²) in [6.45, 7) is 2.68. The quantitative estimate of drug-likeness (QED) is 0.325. The van der Waals surface area contributed by atoms with Gasteiger partial charge in [-0.05, 0) is 73.2 Å². The Hall–Kier alpha value is -3.55. The molecule has 1 amide bonds. The van der Waals surface area contributed by atoms with Crippen molar-refractivity contribution < 1.29 is 19.0 Å². The second-order valence-electron chi connectivity index (χ2n) is 7.35. The SMILES string of the molecule is CCOc1cc(C=C2NC(=S)N(c3ccc(OC)cc3)C2=O)ccc1OCc1ccccc1Cl. The maximum Gasteiger partial charge on any atom is 0.281 e. The number of methoxy groups -OCH3 is 1. The van der Waals surface area contributed by atoms with Gasteiger partial charge in [0.2, 0.25) is 0 Å². The lowest BCUT2D eigenvalue weighted by molar-refractivity contribution is -0.113. The molecule has 3 aromatic carbocycles. The minimum Gasteiger partial charge on any atom is -0.497 e. The molecule has 8 heteroatoms. The fourth-order valence-electron chi connectivity index (χ4n) is 3.44. The van der Waals surface area contributed by atoms with Gasteiger partial charge in [0.15, 0.2) is 16.6 Å². The number of thiocarbonyl (C=S) groups is 1. The molecule has 1 fully saturated rings. The van der Waals surface area contributed by atoms with Crippen molar-refractivity contribution in [2.24, 2.45) is 0 Å². The molecule has 0 bridgehead atoms. The molecule has 1 heterocycles. The van der Waals surface area contributed by atoms with E-state index in [9.17, 15) is 4.79 Å². The smallest absolute Gasteiger partial charge is 0.281 e. The monoisotopic (exact) mass is 494 g/mol. The Morgan fingerprint density at radius 2 is 1.79 bits per heavy atom. The predicted molar refractivity (Wildman–Crippen MR) is 138 cm³/mol. The topological polar surface area (TPSA) is 60.0 Å². The summed E-state index contributed by atoms with van der Waals surface area (Å²) in [6.07, 6.45) is 1.73. The van der Waals surface area contributed by atoms with E-state index in [0.29, 0.717) is 52.0 Å². The van der Waals surface area contributed by atoms with Crippen molar-refractivity contribution in [2.75, 3.05) is 18.6 Å². The van der Waals surface area contributed by atoms with Crippen LogP contribution in [-0.2, 0) is 11.4 Å². The summed E-state index contributed by atoms with van der Waals surface area (Å²) in [6, 6.07) is 20.1. The lowest BCUT2D eigenvalue weighted by Gasteiger charge is -2.14. The van der Waals surface area contributed by atoms with Gasteiger partial charge < -0.3 is 19.5 Å². The van der Waals surface area contributed by atoms with Crippen LogP contribution in [0, 0.1) is 0 Å². The number of nitrogens with one attached hydrogen (secondary N) is 1. The summed E-state index contributed by atoms with van der Waals surface area (Å²) < 4.78 is 16.9. The molecule has 0 unspecified atom stereocenters. The molecule has 1 N–H and O–H groups in total. The lowest BCUT2D eigenvalue weighted by atomic mass is 10.1. The second kappa shape index (κ2) is 10.6. The van der Waals surface area contributed by atoms with E-state index in [1.54, 1.807) is 37.5 Å². The van der Waals surface area contributed by atoms with Crippen LogP contribution in [0.25, 0.3) is 6.08 Å². The van der Waals surface area contributed by atoms with Gasteiger partial charge >= 0.3 is 0 Å². The Kier molecular flexibility index (Phi) is 7.35. The van der Waals surface area contributed by atoms with Crippen molar-refractivity contribution >= 4 is 46.6 Å². The highest BCUT2D eigenvalue weighted by Gasteiger charge is 2.32. The van der Waals surface area contributed by atoms with Gasteiger partial charge in [0.05, 0.1) is 19.4 Å². The molecule has 1 aliphatic rings. The van der Waals surface area contributed by atoms with Gasteiger partial charge in [-0.25, -0.2) is 0 Å². The van der Waals surface area contributed by atoms with Crippen LogP contribution in [0.15, 0.2) is 72.4 Å². The van der Waals surface area contributed by atoms with Crippen molar-refractivity contribution in [1.29, 1.82) is 0 Å². The van der Waals surface area contributed by atoms with Gasteiger partial charge in [0.25, 0.3) is 5.91 Å². The highest BCUT2D eigenvalue weighted by Crippen LogP contribution is 2.31. The maximum absolute atomic E-state index is 13.1. The summed E-state index contributed by atoms with van der Waals surface area (Å²) in [5, 5.41) is 3.95. The second-order valence-corrected chi connectivity index (χ2v) is 8.14. The molecule has 0 aliphatic carbocycles. The summed E-state index contributed by atoms with van der Waals surface area (Å²) in [7, 11) is 1.59. The number of ether oxygens (including phenoxy) is 3. The van der Waals surface area contributed by atoms with E-state index in [0.717, 1.165) is 11.1 Å². The van der Waals surface area contributed by atoms with E-state index in [-0.39, 0.29) is 5.91 Å². The van der Waals surface area contributed by atoms with E-state index in [1.165, 1.54) is 4.90 Å². The Labute approximate surface area is 208 Å². The number of carbonyl (C=O) groups is 1. The van der Waals surface area contributed by atoms with Crippen LogP contribution in [0.2, 0.25) is 5.02 Å². The molecule has 0 aromatic heterocycles. The number of nitrogens with zero attached hydrogens (tertiary/aromatic N) is 1. The third-order valence-electron chi connectivity index (χ3n) is 5.13. The van der Waals surface area contributed by atoms with Crippen LogP contribution in [0.5, 0.6) is 17.2 Å².